The molecule has 17 heavy (non-hydrogen) atoms. The lowest BCUT2D eigenvalue weighted by atomic mass is 9.77. The van der Waals surface area contributed by atoms with Gasteiger partial charge in [-0.05, 0) is 37.6 Å². The maximum absolute atomic E-state index is 11.5. The number of nitrogens with one attached hydrogen (secondary N) is 2. The average molecular weight is 232 g/mol. The zero-order chi connectivity index (χ0) is 12.1. The van der Waals surface area contributed by atoms with Gasteiger partial charge < -0.3 is 10.6 Å². The zero-order valence-corrected chi connectivity index (χ0v) is 10.3. The number of hydrogen-bond acceptors (Lipinski definition) is 2. The van der Waals surface area contributed by atoms with Gasteiger partial charge in [0.15, 0.2) is 0 Å². The summed E-state index contributed by atoms with van der Waals surface area (Å²) in [6.07, 6.45) is 2.63. The highest BCUT2D eigenvalue weighted by Crippen LogP contribution is 2.33. The molecular formula is C14H20N2O. The number of rotatable bonds is 6. The lowest BCUT2D eigenvalue weighted by Crippen LogP contribution is -2.33. The van der Waals surface area contributed by atoms with E-state index >= 15 is 0 Å². The Morgan fingerprint density at radius 3 is 3.00 bits per heavy atom. The lowest BCUT2D eigenvalue weighted by Gasteiger charge is -2.30. The van der Waals surface area contributed by atoms with E-state index in [1.807, 2.05) is 7.05 Å². The van der Waals surface area contributed by atoms with Crippen molar-refractivity contribution in [3.8, 4) is 0 Å². The Hall–Kier alpha value is -1.35. The van der Waals surface area contributed by atoms with Crippen molar-refractivity contribution in [1.82, 2.24) is 10.6 Å². The standard InChI is InChI=1S/C14H20N2O/c1-15-8-4-7-14(17)16-10-12-9-11-5-2-3-6-13(11)12/h2-3,5-6,12,15H,4,7-10H2,1H3,(H,16,17). The second-order valence-corrected chi connectivity index (χ2v) is 4.61. The molecule has 3 heteroatoms. The average Bonchev–Trinajstić information content (AvgIpc) is 2.31. The van der Waals surface area contributed by atoms with E-state index in [9.17, 15) is 4.79 Å². The van der Waals surface area contributed by atoms with Crippen molar-refractivity contribution in [2.75, 3.05) is 20.1 Å². The van der Waals surface area contributed by atoms with Crippen molar-refractivity contribution in [3.05, 3.63) is 35.4 Å². The first-order chi connectivity index (χ1) is 8.31. The topological polar surface area (TPSA) is 41.1 Å². The minimum atomic E-state index is 0.171. The van der Waals surface area contributed by atoms with Gasteiger partial charge in [0, 0.05) is 18.9 Å². The van der Waals surface area contributed by atoms with Crippen LogP contribution in [0.4, 0.5) is 0 Å². The van der Waals surface area contributed by atoms with E-state index in [-0.39, 0.29) is 5.91 Å². The molecule has 0 spiro atoms. The molecule has 1 aliphatic rings. The van der Waals surface area contributed by atoms with Crippen LogP contribution in [0.3, 0.4) is 0 Å². The van der Waals surface area contributed by atoms with Crippen molar-refractivity contribution >= 4 is 5.91 Å². The second-order valence-electron chi connectivity index (χ2n) is 4.61. The summed E-state index contributed by atoms with van der Waals surface area (Å²) in [5, 5.41) is 6.06. The molecule has 0 fully saturated rings. The van der Waals surface area contributed by atoms with Crippen LogP contribution in [0.5, 0.6) is 0 Å². The highest BCUT2D eigenvalue weighted by Gasteiger charge is 2.25. The number of fused-ring (bicyclic) bond motifs is 1. The third kappa shape index (κ3) is 3.07. The van der Waals surface area contributed by atoms with Crippen molar-refractivity contribution in [2.24, 2.45) is 0 Å². The van der Waals surface area contributed by atoms with E-state index in [0.29, 0.717) is 12.3 Å². The Morgan fingerprint density at radius 1 is 1.41 bits per heavy atom. The zero-order valence-electron chi connectivity index (χ0n) is 10.3. The quantitative estimate of drug-likeness (QED) is 0.729. The molecule has 92 valence electrons. The molecule has 1 unspecified atom stereocenters. The highest BCUT2D eigenvalue weighted by atomic mass is 16.1. The van der Waals surface area contributed by atoms with E-state index < -0.39 is 0 Å². The summed E-state index contributed by atoms with van der Waals surface area (Å²) in [5.41, 5.74) is 2.84. The summed E-state index contributed by atoms with van der Waals surface area (Å²) in [6, 6.07) is 8.47. The van der Waals surface area contributed by atoms with Crippen LogP contribution in [-0.2, 0) is 11.2 Å². The predicted molar refractivity (Wildman–Crippen MR) is 69.1 cm³/mol. The van der Waals surface area contributed by atoms with Gasteiger partial charge in [0.25, 0.3) is 0 Å². The molecule has 1 atom stereocenters. The van der Waals surface area contributed by atoms with Gasteiger partial charge in [0.1, 0.15) is 0 Å². The molecule has 0 bridgehead atoms. The number of carbonyl (C=O) groups excluding carboxylic acids is 1. The van der Waals surface area contributed by atoms with Gasteiger partial charge in [0.05, 0.1) is 0 Å². The fourth-order valence-corrected chi connectivity index (χ4v) is 2.30. The van der Waals surface area contributed by atoms with E-state index in [4.69, 9.17) is 0 Å². The van der Waals surface area contributed by atoms with E-state index in [1.54, 1.807) is 0 Å². The van der Waals surface area contributed by atoms with Gasteiger partial charge in [-0.15, -0.1) is 0 Å². The predicted octanol–water partition coefficient (Wildman–Crippen LogP) is 1.44. The van der Waals surface area contributed by atoms with Gasteiger partial charge in [0.2, 0.25) is 5.91 Å². The van der Waals surface area contributed by atoms with Crippen LogP contribution in [0.1, 0.15) is 29.9 Å². The van der Waals surface area contributed by atoms with Crippen LogP contribution >= 0.6 is 0 Å². The molecule has 2 rings (SSSR count). The summed E-state index contributed by atoms with van der Waals surface area (Å²) in [7, 11) is 1.91. The summed E-state index contributed by atoms with van der Waals surface area (Å²) >= 11 is 0. The van der Waals surface area contributed by atoms with Crippen molar-refractivity contribution in [1.29, 1.82) is 0 Å². The molecule has 3 nitrogen and oxygen atoms in total. The molecule has 0 aliphatic heterocycles. The maximum Gasteiger partial charge on any atom is 0.220 e. The van der Waals surface area contributed by atoms with Crippen LogP contribution in [-0.4, -0.2) is 26.0 Å². The molecule has 1 amide bonds. The minimum absolute atomic E-state index is 0.171. The maximum atomic E-state index is 11.5. The van der Waals surface area contributed by atoms with Crippen LogP contribution in [0.25, 0.3) is 0 Å². The number of benzene rings is 1. The normalized spacial score (nSPS) is 17.1. The van der Waals surface area contributed by atoms with Gasteiger partial charge >= 0.3 is 0 Å². The number of carbonyl (C=O) groups is 1. The largest absolute Gasteiger partial charge is 0.355 e. The molecule has 2 N–H and O–H groups in total. The van der Waals surface area contributed by atoms with Gasteiger partial charge in [-0.1, -0.05) is 24.3 Å². The lowest BCUT2D eigenvalue weighted by molar-refractivity contribution is -0.121. The van der Waals surface area contributed by atoms with E-state index in [1.165, 1.54) is 11.1 Å². The van der Waals surface area contributed by atoms with Gasteiger partial charge in [-0.25, -0.2) is 0 Å². The Balaban J connectivity index is 1.69. The summed E-state index contributed by atoms with van der Waals surface area (Å²) in [4.78, 5) is 11.5. The highest BCUT2D eigenvalue weighted by molar-refractivity contribution is 5.76. The molecule has 0 saturated carbocycles. The van der Waals surface area contributed by atoms with Crippen LogP contribution in [0.15, 0.2) is 24.3 Å². The van der Waals surface area contributed by atoms with Crippen LogP contribution in [0, 0.1) is 0 Å². The van der Waals surface area contributed by atoms with Crippen molar-refractivity contribution in [3.63, 3.8) is 0 Å². The van der Waals surface area contributed by atoms with Crippen LogP contribution < -0.4 is 10.6 Å². The third-order valence-electron chi connectivity index (χ3n) is 3.34. The smallest absolute Gasteiger partial charge is 0.220 e. The number of hydrogen-bond donors (Lipinski definition) is 2. The molecule has 1 aliphatic carbocycles. The first kappa shape index (κ1) is 12.1. The molecular weight excluding hydrogens is 212 g/mol. The molecule has 0 heterocycles. The van der Waals surface area contributed by atoms with Crippen LogP contribution in [0.2, 0.25) is 0 Å². The van der Waals surface area contributed by atoms with E-state index in [2.05, 4.69) is 34.9 Å². The monoisotopic (exact) mass is 232 g/mol. The molecule has 0 saturated heterocycles. The molecule has 0 aromatic heterocycles. The first-order valence-electron chi connectivity index (χ1n) is 6.30. The summed E-state index contributed by atoms with van der Waals surface area (Å²) in [6.45, 7) is 1.69. The Labute approximate surface area is 103 Å². The summed E-state index contributed by atoms with van der Waals surface area (Å²) < 4.78 is 0. The fraction of sp³-hybridized carbons (Fsp3) is 0.500. The van der Waals surface area contributed by atoms with Crippen molar-refractivity contribution < 1.29 is 4.79 Å². The number of amides is 1. The molecule has 0 radical (unpaired) electrons. The van der Waals surface area contributed by atoms with E-state index in [0.717, 1.165) is 25.9 Å². The molecule has 1 aromatic rings. The first-order valence-corrected chi connectivity index (χ1v) is 6.30. The molecule has 1 aromatic carbocycles. The fourth-order valence-electron chi connectivity index (χ4n) is 2.30. The Morgan fingerprint density at radius 2 is 2.24 bits per heavy atom. The van der Waals surface area contributed by atoms with Gasteiger partial charge in [-0.3, -0.25) is 4.79 Å². The Bertz CT molecular complexity index is 390. The SMILES string of the molecule is CNCCCC(=O)NCC1Cc2ccccc21. The van der Waals surface area contributed by atoms with Gasteiger partial charge in [-0.2, -0.15) is 0 Å². The summed E-state index contributed by atoms with van der Waals surface area (Å²) in [5.74, 6) is 0.698. The second kappa shape index (κ2) is 5.82. The third-order valence-corrected chi connectivity index (χ3v) is 3.34. The Kier molecular flexibility index (Phi) is 4.15. The van der Waals surface area contributed by atoms with Crippen molar-refractivity contribution in [2.45, 2.75) is 25.2 Å². The minimum Gasteiger partial charge on any atom is -0.355 e.